The van der Waals surface area contributed by atoms with Crippen LogP contribution in [0.3, 0.4) is 0 Å². The molecule has 0 spiro atoms. The van der Waals surface area contributed by atoms with E-state index < -0.39 is 0 Å². The zero-order valence-corrected chi connectivity index (χ0v) is 17.0. The van der Waals surface area contributed by atoms with Gasteiger partial charge in [0.2, 0.25) is 0 Å². The van der Waals surface area contributed by atoms with Crippen LogP contribution in [0.25, 0.3) is 0 Å². The van der Waals surface area contributed by atoms with Gasteiger partial charge in [-0.2, -0.15) is 0 Å². The van der Waals surface area contributed by atoms with Gasteiger partial charge in [0.1, 0.15) is 0 Å². The summed E-state index contributed by atoms with van der Waals surface area (Å²) in [6, 6.07) is 23.7. The fraction of sp³-hybridized carbons (Fsp3) is 0.115. The molecule has 1 aliphatic rings. The molecule has 1 aliphatic heterocycles. The summed E-state index contributed by atoms with van der Waals surface area (Å²) in [6.45, 7) is 4.37. The second kappa shape index (κ2) is 8.79. The maximum atomic E-state index is 13.2. The summed E-state index contributed by atoms with van der Waals surface area (Å²) in [5.74, 6) is -0.932. The Morgan fingerprint density at radius 2 is 1.52 bits per heavy atom. The smallest absolute Gasteiger partial charge is 0.261 e. The van der Waals surface area contributed by atoms with Crippen LogP contribution >= 0.6 is 0 Å². The lowest BCUT2D eigenvalue weighted by Crippen LogP contribution is -2.32. The predicted molar refractivity (Wildman–Crippen MR) is 120 cm³/mol. The van der Waals surface area contributed by atoms with Crippen molar-refractivity contribution in [2.75, 3.05) is 18.0 Å². The third kappa shape index (κ3) is 4.03. The molecule has 5 nitrogen and oxygen atoms in total. The Kier molecular flexibility index (Phi) is 5.76. The van der Waals surface area contributed by atoms with Gasteiger partial charge in [-0.25, -0.2) is 0 Å². The number of anilines is 1. The number of benzene rings is 3. The van der Waals surface area contributed by atoms with Crippen molar-refractivity contribution in [2.24, 2.45) is 0 Å². The van der Waals surface area contributed by atoms with E-state index in [0.29, 0.717) is 30.6 Å². The van der Waals surface area contributed by atoms with Gasteiger partial charge in [0, 0.05) is 24.3 Å². The van der Waals surface area contributed by atoms with Gasteiger partial charge >= 0.3 is 0 Å². The Labute approximate surface area is 181 Å². The fourth-order valence-corrected chi connectivity index (χ4v) is 3.71. The molecule has 0 saturated carbocycles. The van der Waals surface area contributed by atoms with Gasteiger partial charge in [0.15, 0.2) is 0 Å². The van der Waals surface area contributed by atoms with Crippen molar-refractivity contribution in [3.63, 3.8) is 0 Å². The molecule has 0 fully saturated rings. The van der Waals surface area contributed by atoms with Crippen LogP contribution < -0.4 is 4.90 Å². The highest BCUT2D eigenvalue weighted by Gasteiger charge is 2.36. The molecule has 3 amide bonds. The molecule has 31 heavy (non-hydrogen) atoms. The monoisotopic (exact) mass is 410 g/mol. The summed E-state index contributed by atoms with van der Waals surface area (Å²) in [4.78, 5) is 41.7. The van der Waals surface area contributed by atoms with Crippen molar-refractivity contribution < 1.29 is 14.4 Å². The van der Waals surface area contributed by atoms with Crippen molar-refractivity contribution in [3.8, 4) is 0 Å². The van der Waals surface area contributed by atoms with E-state index in [2.05, 4.69) is 6.58 Å². The number of imide groups is 1. The molecule has 0 aromatic heterocycles. The zero-order chi connectivity index (χ0) is 21.8. The molecular formula is C26H22N2O3. The minimum atomic E-state index is -0.361. The van der Waals surface area contributed by atoms with E-state index in [4.69, 9.17) is 0 Å². The van der Waals surface area contributed by atoms with Gasteiger partial charge in [0.05, 0.1) is 11.1 Å². The minimum absolute atomic E-state index is 0.253. The van der Waals surface area contributed by atoms with Gasteiger partial charge in [-0.1, -0.05) is 54.6 Å². The van der Waals surface area contributed by atoms with Crippen LogP contribution in [0.1, 0.15) is 36.6 Å². The molecule has 0 atom stereocenters. The number of nitrogens with zero attached hydrogens (tertiary/aromatic N) is 2. The second-order valence-corrected chi connectivity index (χ2v) is 7.30. The SMILES string of the molecule is C=CCN(C(=O)c1ccc2c(c1)C(=O)N(CCc1ccccc1)C2=O)c1ccccc1. The third-order valence-corrected chi connectivity index (χ3v) is 5.31. The van der Waals surface area contributed by atoms with Gasteiger partial charge in [-0.3, -0.25) is 19.3 Å². The van der Waals surface area contributed by atoms with E-state index in [9.17, 15) is 14.4 Å². The number of hydrogen-bond acceptors (Lipinski definition) is 3. The first kappa shape index (κ1) is 20.3. The highest BCUT2D eigenvalue weighted by atomic mass is 16.2. The number of fused-ring (bicyclic) bond motifs is 1. The van der Waals surface area contributed by atoms with E-state index >= 15 is 0 Å². The quantitative estimate of drug-likeness (QED) is 0.430. The molecular weight excluding hydrogens is 388 g/mol. The first-order valence-electron chi connectivity index (χ1n) is 10.1. The maximum Gasteiger partial charge on any atom is 0.261 e. The zero-order valence-electron chi connectivity index (χ0n) is 17.0. The number of carbonyl (C=O) groups excluding carboxylic acids is 3. The molecule has 0 aliphatic carbocycles. The van der Waals surface area contributed by atoms with Gasteiger partial charge in [-0.05, 0) is 42.3 Å². The number of para-hydroxylation sites is 1. The molecule has 4 rings (SSSR count). The molecule has 0 radical (unpaired) electrons. The third-order valence-electron chi connectivity index (χ3n) is 5.31. The molecule has 1 heterocycles. The molecule has 0 unspecified atom stereocenters. The van der Waals surface area contributed by atoms with E-state index in [1.54, 1.807) is 23.1 Å². The van der Waals surface area contributed by atoms with Crippen molar-refractivity contribution in [2.45, 2.75) is 6.42 Å². The standard InChI is InChI=1S/C26H22N2O3/c1-2-16-27(21-11-7-4-8-12-21)24(29)20-13-14-22-23(18-20)26(31)28(25(22)30)17-15-19-9-5-3-6-10-19/h2-14,18H,1,15-17H2. The Balaban J connectivity index is 1.57. The van der Waals surface area contributed by atoms with Crippen LogP contribution in [0.15, 0.2) is 91.5 Å². The largest absolute Gasteiger partial charge is 0.305 e. The summed E-state index contributed by atoms with van der Waals surface area (Å²) < 4.78 is 0. The summed E-state index contributed by atoms with van der Waals surface area (Å²) >= 11 is 0. The Morgan fingerprint density at radius 3 is 2.19 bits per heavy atom. The van der Waals surface area contributed by atoms with Crippen molar-refractivity contribution >= 4 is 23.4 Å². The van der Waals surface area contributed by atoms with E-state index in [1.807, 2.05) is 60.7 Å². The Hall–Kier alpha value is -3.99. The second-order valence-electron chi connectivity index (χ2n) is 7.30. The highest BCUT2D eigenvalue weighted by Crippen LogP contribution is 2.26. The average molecular weight is 410 g/mol. The first-order chi connectivity index (χ1) is 15.1. The topological polar surface area (TPSA) is 57.7 Å². The summed E-state index contributed by atoms with van der Waals surface area (Å²) in [7, 11) is 0. The average Bonchev–Trinajstić information content (AvgIpc) is 3.06. The lowest BCUT2D eigenvalue weighted by atomic mass is 10.0. The van der Waals surface area contributed by atoms with Crippen molar-refractivity contribution in [3.05, 3.63) is 114 Å². The van der Waals surface area contributed by atoms with Gasteiger partial charge in [0.25, 0.3) is 17.7 Å². The van der Waals surface area contributed by atoms with E-state index in [-0.39, 0.29) is 23.3 Å². The van der Waals surface area contributed by atoms with Crippen LogP contribution in [0.2, 0.25) is 0 Å². The molecule has 154 valence electrons. The summed E-state index contributed by atoms with van der Waals surface area (Å²) in [6.07, 6.45) is 2.23. The number of carbonyl (C=O) groups is 3. The van der Waals surface area contributed by atoms with Crippen molar-refractivity contribution in [1.82, 2.24) is 4.90 Å². The molecule has 0 bridgehead atoms. The van der Waals surface area contributed by atoms with Crippen molar-refractivity contribution in [1.29, 1.82) is 0 Å². The Bertz CT molecular complexity index is 1140. The number of rotatable bonds is 7. The van der Waals surface area contributed by atoms with Gasteiger partial charge in [-0.15, -0.1) is 6.58 Å². The molecule has 0 N–H and O–H groups in total. The van der Waals surface area contributed by atoms with E-state index in [0.717, 1.165) is 11.3 Å². The first-order valence-corrected chi connectivity index (χ1v) is 10.1. The number of amides is 3. The van der Waals surface area contributed by atoms with Crippen LogP contribution in [-0.4, -0.2) is 35.7 Å². The normalized spacial score (nSPS) is 12.6. The summed E-state index contributed by atoms with van der Waals surface area (Å²) in [5, 5.41) is 0. The fourth-order valence-electron chi connectivity index (χ4n) is 3.71. The van der Waals surface area contributed by atoms with E-state index in [1.165, 1.54) is 11.0 Å². The Morgan fingerprint density at radius 1 is 0.871 bits per heavy atom. The molecule has 0 saturated heterocycles. The van der Waals surface area contributed by atoms with Crippen LogP contribution in [0.5, 0.6) is 0 Å². The van der Waals surface area contributed by atoms with Crippen LogP contribution in [0, 0.1) is 0 Å². The summed E-state index contributed by atoms with van der Waals surface area (Å²) in [5.41, 5.74) is 2.76. The van der Waals surface area contributed by atoms with Crippen LogP contribution in [0.4, 0.5) is 5.69 Å². The minimum Gasteiger partial charge on any atom is -0.305 e. The maximum absolute atomic E-state index is 13.2. The molecule has 3 aromatic rings. The number of hydrogen-bond donors (Lipinski definition) is 0. The van der Waals surface area contributed by atoms with Crippen LogP contribution in [-0.2, 0) is 6.42 Å². The predicted octanol–water partition coefficient (Wildman–Crippen LogP) is 4.36. The lowest BCUT2D eigenvalue weighted by Gasteiger charge is -2.21. The highest BCUT2D eigenvalue weighted by molar-refractivity contribution is 6.22. The molecule has 5 heteroatoms. The molecule has 3 aromatic carbocycles. The lowest BCUT2D eigenvalue weighted by molar-refractivity contribution is 0.0656. The van der Waals surface area contributed by atoms with Gasteiger partial charge < -0.3 is 4.90 Å².